The largest absolute Gasteiger partial charge is 0.468 e. The summed E-state index contributed by atoms with van der Waals surface area (Å²) in [7, 11) is -2.44. The molecule has 0 radical (unpaired) electrons. The first-order chi connectivity index (χ1) is 9.46. The first kappa shape index (κ1) is 15.3. The molecule has 1 heterocycles. The Morgan fingerprint density at radius 3 is 2.55 bits per heavy atom. The van der Waals surface area contributed by atoms with Crippen LogP contribution < -0.4 is 0 Å². The summed E-state index contributed by atoms with van der Waals surface area (Å²) in [6, 6.07) is 5.19. The van der Waals surface area contributed by atoms with Gasteiger partial charge >= 0.3 is 5.97 Å². The van der Waals surface area contributed by atoms with Crippen LogP contribution in [0.4, 0.5) is 0 Å². The van der Waals surface area contributed by atoms with E-state index in [1.807, 2.05) is 0 Å². The summed E-state index contributed by atoms with van der Waals surface area (Å²) in [6.07, 6.45) is 2.03. The van der Waals surface area contributed by atoms with Crippen LogP contribution in [0.2, 0.25) is 5.02 Å². The fraction of sp³-hybridized carbons (Fsp3) is 0.462. The SMILES string of the molecule is COC(=O)[C@H]1CCCCN1S(=O)(=O)c1ccc(Cl)cc1. The molecular weight excluding hydrogens is 302 g/mol. The number of ether oxygens (including phenoxy) is 1. The number of esters is 1. The number of halogens is 1. The van der Waals surface area contributed by atoms with Gasteiger partial charge in [0.2, 0.25) is 10.0 Å². The molecule has 1 saturated heterocycles. The molecule has 110 valence electrons. The molecule has 0 saturated carbocycles. The highest BCUT2D eigenvalue weighted by atomic mass is 35.5. The Bertz CT molecular complexity index is 585. The number of sulfonamides is 1. The van der Waals surface area contributed by atoms with Crippen LogP contribution in [0.3, 0.4) is 0 Å². The van der Waals surface area contributed by atoms with Gasteiger partial charge in [0, 0.05) is 11.6 Å². The van der Waals surface area contributed by atoms with Crippen molar-refractivity contribution in [3.8, 4) is 0 Å². The Kier molecular flexibility index (Phi) is 4.67. The molecule has 0 aliphatic carbocycles. The molecule has 1 atom stereocenters. The topological polar surface area (TPSA) is 63.7 Å². The van der Waals surface area contributed by atoms with Gasteiger partial charge in [-0.3, -0.25) is 4.79 Å². The lowest BCUT2D eigenvalue weighted by Crippen LogP contribution is -2.48. The van der Waals surface area contributed by atoms with Crippen molar-refractivity contribution in [3.05, 3.63) is 29.3 Å². The monoisotopic (exact) mass is 317 g/mol. The number of hydrogen-bond acceptors (Lipinski definition) is 4. The maximum Gasteiger partial charge on any atom is 0.324 e. The molecule has 0 amide bonds. The lowest BCUT2D eigenvalue weighted by Gasteiger charge is -2.32. The second kappa shape index (κ2) is 6.11. The highest BCUT2D eigenvalue weighted by molar-refractivity contribution is 7.89. The van der Waals surface area contributed by atoms with E-state index in [-0.39, 0.29) is 4.90 Å². The van der Waals surface area contributed by atoms with Crippen molar-refractivity contribution in [1.82, 2.24) is 4.31 Å². The average Bonchev–Trinajstić information content (AvgIpc) is 2.47. The molecule has 1 fully saturated rings. The van der Waals surface area contributed by atoms with Crippen molar-refractivity contribution in [2.45, 2.75) is 30.2 Å². The summed E-state index contributed by atoms with van der Waals surface area (Å²) in [4.78, 5) is 11.9. The minimum atomic E-state index is -3.71. The van der Waals surface area contributed by atoms with Crippen LogP contribution >= 0.6 is 11.6 Å². The van der Waals surface area contributed by atoms with Gasteiger partial charge in [0.1, 0.15) is 6.04 Å². The molecule has 20 heavy (non-hydrogen) atoms. The van der Waals surface area contributed by atoms with Crippen LogP contribution in [0.5, 0.6) is 0 Å². The number of nitrogens with zero attached hydrogens (tertiary/aromatic N) is 1. The van der Waals surface area contributed by atoms with Gasteiger partial charge in [0.15, 0.2) is 0 Å². The molecule has 5 nitrogen and oxygen atoms in total. The Morgan fingerprint density at radius 1 is 1.30 bits per heavy atom. The van der Waals surface area contributed by atoms with Crippen LogP contribution in [0.15, 0.2) is 29.2 Å². The van der Waals surface area contributed by atoms with Gasteiger partial charge in [0.25, 0.3) is 0 Å². The predicted molar refractivity (Wildman–Crippen MR) is 75.0 cm³/mol. The number of rotatable bonds is 3. The van der Waals surface area contributed by atoms with E-state index in [1.165, 1.54) is 35.7 Å². The first-order valence-corrected chi connectivity index (χ1v) is 8.14. The number of carbonyl (C=O) groups excluding carboxylic acids is 1. The zero-order valence-corrected chi connectivity index (χ0v) is 12.7. The molecule has 2 rings (SSSR count). The van der Waals surface area contributed by atoms with Crippen molar-refractivity contribution in [2.24, 2.45) is 0 Å². The zero-order valence-electron chi connectivity index (χ0n) is 11.1. The van der Waals surface area contributed by atoms with Gasteiger partial charge in [-0.15, -0.1) is 0 Å². The third-order valence-corrected chi connectivity index (χ3v) is 5.52. The van der Waals surface area contributed by atoms with Gasteiger partial charge in [0.05, 0.1) is 12.0 Å². The Balaban J connectivity index is 2.35. The molecule has 0 N–H and O–H groups in total. The van der Waals surface area contributed by atoms with Crippen molar-refractivity contribution >= 4 is 27.6 Å². The predicted octanol–water partition coefficient (Wildman–Crippen LogP) is 2.06. The number of carbonyl (C=O) groups is 1. The molecule has 7 heteroatoms. The van der Waals surface area contributed by atoms with Crippen LogP contribution in [-0.2, 0) is 19.6 Å². The fourth-order valence-corrected chi connectivity index (χ4v) is 4.08. The minimum absolute atomic E-state index is 0.137. The van der Waals surface area contributed by atoms with E-state index in [9.17, 15) is 13.2 Å². The fourth-order valence-electron chi connectivity index (χ4n) is 2.31. The second-order valence-corrected chi connectivity index (χ2v) is 6.93. The van der Waals surface area contributed by atoms with E-state index in [2.05, 4.69) is 0 Å². The normalized spacial score (nSPS) is 20.6. The Labute approximate surface area is 123 Å². The van der Waals surface area contributed by atoms with Gasteiger partial charge in [-0.1, -0.05) is 11.6 Å². The quantitative estimate of drug-likeness (QED) is 0.800. The standard InChI is InChI=1S/C13H16ClNO4S/c1-19-13(16)12-4-2-3-9-15(12)20(17,18)11-7-5-10(14)6-8-11/h5-8,12H,2-4,9H2,1H3/t12-/m1/s1. The van der Waals surface area contributed by atoms with Gasteiger partial charge in [-0.05, 0) is 43.5 Å². The van der Waals surface area contributed by atoms with E-state index in [0.717, 1.165) is 12.8 Å². The van der Waals surface area contributed by atoms with Gasteiger partial charge in [-0.2, -0.15) is 4.31 Å². The summed E-state index contributed by atoms with van der Waals surface area (Å²) in [6.45, 7) is 0.324. The van der Waals surface area contributed by atoms with Crippen LogP contribution in [0.25, 0.3) is 0 Å². The summed E-state index contributed by atoms with van der Waals surface area (Å²) >= 11 is 5.77. The maximum atomic E-state index is 12.6. The van der Waals surface area contributed by atoms with E-state index in [0.29, 0.717) is 18.0 Å². The summed E-state index contributed by atoms with van der Waals surface area (Å²) in [5.74, 6) is -0.512. The van der Waals surface area contributed by atoms with Gasteiger partial charge in [-0.25, -0.2) is 8.42 Å². The number of hydrogen-bond donors (Lipinski definition) is 0. The second-order valence-electron chi connectivity index (χ2n) is 4.60. The summed E-state index contributed by atoms with van der Waals surface area (Å²) < 4.78 is 31.1. The Morgan fingerprint density at radius 2 is 1.95 bits per heavy atom. The van der Waals surface area contributed by atoms with Crippen LogP contribution in [-0.4, -0.2) is 38.4 Å². The van der Waals surface area contributed by atoms with Crippen molar-refractivity contribution in [2.75, 3.05) is 13.7 Å². The van der Waals surface area contributed by atoms with E-state index in [4.69, 9.17) is 16.3 Å². The molecule has 1 aliphatic rings. The third-order valence-electron chi connectivity index (χ3n) is 3.35. The third kappa shape index (κ3) is 2.97. The highest BCUT2D eigenvalue weighted by Crippen LogP contribution is 2.26. The van der Waals surface area contributed by atoms with Crippen molar-refractivity contribution in [1.29, 1.82) is 0 Å². The first-order valence-electron chi connectivity index (χ1n) is 6.32. The highest BCUT2D eigenvalue weighted by Gasteiger charge is 2.38. The lowest BCUT2D eigenvalue weighted by atomic mass is 10.1. The maximum absolute atomic E-state index is 12.6. The van der Waals surface area contributed by atoms with E-state index >= 15 is 0 Å². The zero-order chi connectivity index (χ0) is 14.8. The molecule has 1 aromatic carbocycles. The molecule has 0 bridgehead atoms. The molecule has 0 aromatic heterocycles. The Hall–Kier alpha value is -1.11. The lowest BCUT2D eigenvalue weighted by molar-refractivity contribution is -0.146. The average molecular weight is 318 g/mol. The van der Waals surface area contributed by atoms with Crippen LogP contribution in [0, 0.1) is 0 Å². The minimum Gasteiger partial charge on any atom is -0.468 e. The molecule has 0 spiro atoms. The molecule has 1 aliphatic heterocycles. The smallest absolute Gasteiger partial charge is 0.324 e. The van der Waals surface area contributed by atoms with Gasteiger partial charge < -0.3 is 4.74 Å². The number of piperidine rings is 1. The van der Waals surface area contributed by atoms with Crippen molar-refractivity contribution < 1.29 is 17.9 Å². The van der Waals surface area contributed by atoms with E-state index < -0.39 is 22.0 Å². The summed E-state index contributed by atoms with van der Waals surface area (Å²) in [5, 5.41) is 0.465. The van der Waals surface area contributed by atoms with E-state index in [1.54, 1.807) is 0 Å². The number of methoxy groups -OCH3 is 1. The molecule has 0 unspecified atom stereocenters. The van der Waals surface area contributed by atoms with Crippen LogP contribution in [0.1, 0.15) is 19.3 Å². The molecular formula is C13H16ClNO4S. The summed E-state index contributed by atoms with van der Waals surface area (Å²) in [5.41, 5.74) is 0. The number of benzene rings is 1. The van der Waals surface area contributed by atoms with Crippen molar-refractivity contribution in [3.63, 3.8) is 0 Å². The molecule has 1 aromatic rings.